The second kappa shape index (κ2) is 5.63. The van der Waals surface area contributed by atoms with Crippen molar-refractivity contribution >= 4 is 0 Å². The van der Waals surface area contributed by atoms with Crippen LogP contribution in [0.15, 0.2) is 30.3 Å². The fourth-order valence-electron chi connectivity index (χ4n) is 2.49. The van der Waals surface area contributed by atoms with Crippen LogP contribution >= 0.6 is 0 Å². The maximum absolute atomic E-state index is 14.0. The lowest BCUT2D eigenvalue weighted by Gasteiger charge is -2.19. The van der Waals surface area contributed by atoms with E-state index in [-0.39, 0.29) is 5.56 Å². The van der Waals surface area contributed by atoms with Gasteiger partial charge in [-0.3, -0.25) is 0 Å². The first-order valence-electron chi connectivity index (χ1n) is 6.53. The smallest absolute Gasteiger partial charge is 0.129 e. The quantitative estimate of drug-likeness (QED) is 0.921. The zero-order valence-electron chi connectivity index (χ0n) is 12.2. The van der Waals surface area contributed by atoms with Crippen LogP contribution in [-0.4, -0.2) is 12.2 Å². The first-order valence-corrected chi connectivity index (χ1v) is 6.53. The monoisotopic (exact) mass is 274 g/mol. The summed E-state index contributed by atoms with van der Waals surface area (Å²) in [5.41, 5.74) is 3.72. The summed E-state index contributed by atoms with van der Waals surface area (Å²) in [6.07, 6.45) is -1.04. The summed E-state index contributed by atoms with van der Waals surface area (Å²) in [6, 6.07) is 8.53. The minimum atomic E-state index is -1.04. The maximum atomic E-state index is 14.0. The van der Waals surface area contributed by atoms with Crippen molar-refractivity contribution in [1.82, 2.24) is 0 Å². The fourth-order valence-corrected chi connectivity index (χ4v) is 2.49. The molecule has 0 fully saturated rings. The first kappa shape index (κ1) is 14.5. The summed E-state index contributed by atoms with van der Waals surface area (Å²) in [5, 5.41) is 10.6. The summed E-state index contributed by atoms with van der Waals surface area (Å²) in [5.74, 6) is 0.168. The van der Waals surface area contributed by atoms with Gasteiger partial charge in [-0.1, -0.05) is 23.8 Å². The Balaban J connectivity index is 2.58. The number of hydrogen-bond acceptors (Lipinski definition) is 2. The van der Waals surface area contributed by atoms with E-state index in [1.165, 1.54) is 6.07 Å². The SMILES string of the molecule is COc1cc(C)cc(C)c1C(O)c1cc(C)ccc1F. The molecule has 3 heteroatoms. The zero-order chi connectivity index (χ0) is 14.9. The highest BCUT2D eigenvalue weighted by Gasteiger charge is 2.21. The van der Waals surface area contributed by atoms with Crippen molar-refractivity contribution in [3.05, 3.63) is 64.0 Å². The molecule has 1 unspecified atom stereocenters. The molecule has 0 amide bonds. The van der Waals surface area contributed by atoms with Gasteiger partial charge in [-0.25, -0.2) is 4.39 Å². The largest absolute Gasteiger partial charge is 0.496 e. The standard InChI is InChI=1S/C17H19FO2/c1-10-5-6-14(18)13(8-10)17(19)16-12(3)7-11(2)9-15(16)20-4/h5-9,17,19H,1-4H3. The van der Waals surface area contributed by atoms with Gasteiger partial charge in [-0.15, -0.1) is 0 Å². The predicted molar refractivity (Wildman–Crippen MR) is 77.7 cm³/mol. The average Bonchev–Trinajstić information content (AvgIpc) is 2.40. The minimum Gasteiger partial charge on any atom is -0.496 e. The molecule has 0 aliphatic rings. The molecular formula is C17H19FO2. The molecule has 0 saturated heterocycles. The van der Waals surface area contributed by atoms with E-state index in [9.17, 15) is 9.50 Å². The Kier molecular flexibility index (Phi) is 4.09. The molecule has 0 saturated carbocycles. The Hall–Kier alpha value is -1.87. The number of aliphatic hydroxyl groups excluding tert-OH is 1. The van der Waals surface area contributed by atoms with E-state index >= 15 is 0 Å². The molecule has 20 heavy (non-hydrogen) atoms. The Morgan fingerprint density at radius 3 is 2.40 bits per heavy atom. The van der Waals surface area contributed by atoms with Crippen molar-refractivity contribution in [2.75, 3.05) is 7.11 Å². The van der Waals surface area contributed by atoms with Crippen molar-refractivity contribution in [3.8, 4) is 5.75 Å². The van der Waals surface area contributed by atoms with Crippen LogP contribution < -0.4 is 4.74 Å². The van der Waals surface area contributed by atoms with E-state index in [1.807, 2.05) is 32.9 Å². The van der Waals surface area contributed by atoms with E-state index < -0.39 is 11.9 Å². The van der Waals surface area contributed by atoms with E-state index in [2.05, 4.69) is 0 Å². The third kappa shape index (κ3) is 2.68. The van der Waals surface area contributed by atoms with E-state index in [0.29, 0.717) is 11.3 Å². The molecule has 0 radical (unpaired) electrons. The number of aryl methyl sites for hydroxylation is 3. The molecule has 2 nitrogen and oxygen atoms in total. The van der Waals surface area contributed by atoms with Gasteiger partial charge in [0.25, 0.3) is 0 Å². The van der Waals surface area contributed by atoms with Crippen molar-refractivity contribution in [2.24, 2.45) is 0 Å². The van der Waals surface area contributed by atoms with Crippen LogP contribution in [0.3, 0.4) is 0 Å². The highest BCUT2D eigenvalue weighted by molar-refractivity contribution is 5.48. The average molecular weight is 274 g/mol. The molecule has 2 rings (SSSR count). The molecule has 2 aromatic carbocycles. The first-order chi connectivity index (χ1) is 9.43. The number of hydrogen-bond donors (Lipinski definition) is 1. The lowest BCUT2D eigenvalue weighted by atomic mass is 9.94. The number of ether oxygens (including phenoxy) is 1. The van der Waals surface area contributed by atoms with Crippen LogP contribution in [0.4, 0.5) is 4.39 Å². The number of rotatable bonds is 3. The summed E-state index contributed by atoms with van der Waals surface area (Å²) in [4.78, 5) is 0. The third-order valence-electron chi connectivity index (χ3n) is 3.43. The summed E-state index contributed by atoms with van der Waals surface area (Å²) in [6.45, 7) is 5.72. The van der Waals surface area contributed by atoms with Gasteiger partial charge in [0.05, 0.1) is 7.11 Å². The van der Waals surface area contributed by atoms with Gasteiger partial charge >= 0.3 is 0 Å². The summed E-state index contributed by atoms with van der Waals surface area (Å²) in [7, 11) is 1.55. The second-order valence-electron chi connectivity index (χ2n) is 5.13. The molecule has 0 aromatic heterocycles. The van der Waals surface area contributed by atoms with Gasteiger partial charge in [0, 0.05) is 11.1 Å². The van der Waals surface area contributed by atoms with Crippen LogP contribution in [0.25, 0.3) is 0 Å². The Bertz CT molecular complexity index is 635. The van der Waals surface area contributed by atoms with Crippen LogP contribution in [0, 0.1) is 26.6 Å². The molecular weight excluding hydrogens is 255 g/mol. The molecule has 1 N–H and O–H groups in total. The fraction of sp³-hybridized carbons (Fsp3) is 0.294. The molecule has 1 atom stereocenters. The Morgan fingerprint density at radius 1 is 1.05 bits per heavy atom. The number of halogens is 1. The second-order valence-corrected chi connectivity index (χ2v) is 5.13. The topological polar surface area (TPSA) is 29.5 Å². The summed E-state index contributed by atoms with van der Waals surface area (Å²) >= 11 is 0. The van der Waals surface area contributed by atoms with Crippen LogP contribution in [0.2, 0.25) is 0 Å². The van der Waals surface area contributed by atoms with Crippen molar-refractivity contribution in [2.45, 2.75) is 26.9 Å². The van der Waals surface area contributed by atoms with E-state index in [0.717, 1.165) is 16.7 Å². The molecule has 2 aromatic rings. The third-order valence-corrected chi connectivity index (χ3v) is 3.43. The van der Waals surface area contributed by atoms with Crippen LogP contribution in [0.1, 0.15) is 33.9 Å². The summed E-state index contributed by atoms with van der Waals surface area (Å²) < 4.78 is 19.3. The van der Waals surface area contributed by atoms with Crippen molar-refractivity contribution < 1.29 is 14.2 Å². The highest BCUT2D eigenvalue weighted by atomic mass is 19.1. The van der Waals surface area contributed by atoms with Crippen molar-refractivity contribution in [1.29, 1.82) is 0 Å². The van der Waals surface area contributed by atoms with Crippen molar-refractivity contribution in [3.63, 3.8) is 0 Å². The molecule has 0 aliphatic heterocycles. The van der Waals surface area contributed by atoms with Gasteiger partial charge < -0.3 is 9.84 Å². The van der Waals surface area contributed by atoms with Gasteiger partial charge in [0.15, 0.2) is 0 Å². The van der Waals surface area contributed by atoms with Gasteiger partial charge in [-0.2, -0.15) is 0 Å². The van der Waals surface area contributed by atoms with Crippen LogP contribution in [0.5, 0.6) is 5.75 Å². The van der Waals surface area contributed by atoms with E-state index in [4.69, 9.17) is 4.74 Å². The zero-order valence-corrected chi connectivity index (χ0v) is 12.2. The molecule has 106 valence electrons. The number of methoxy groups -OCH3 is 1. The Morgan fingerprint density at radius 2 is 1.75 bits per heavy atom. The number of benzene rings is 2. The van der Waals surface area contributed by atoms with Gasteiger partial charge in [0.1, 0.15) is 17.7 Å². The molecule has 0 aliphatic carbocycles. The van der Waals surface area contributed by atoms with Crippen LogP contribution in [-0.2, 0) is 0 Å². The molecule has 0 bridgehead atoms. The minimum absolute atomic E-state index is 0.273. The molecule has 0 heterocycles. The maximum Gasteiger partial charge on any atom is 0.129 e. The highest BCUT2D eigenvalue weighted by Crippen LogP contribution is 2.35. The van der Waals surface area contributed by atoms with E-state index in [1.54, 1.807) is 19.2 Å². The lowest BCUT2D eigenvalue weighted by Crippen LogP contribution is -2.07. The number of aliphatic hydroxyl groups is 1. The van der Waals surface area contributed by atoms with Gasteiger partial charge in [0.2, 0.25) is 0 Å². The predicted octanol–water partition coefficient (Wildman–Crippen LogP) is 3.84. The Labute approximate surface area is 118 Å². The van der Waals surface area contributed by atoms with Gasteiger partial charge in [-0.05, 0) is 44.0 Å². The lowest BCUT2D eigenvalue weighted by molar-refractivity contribution is 0.208. The molecule has 0 spiro atoms. The normalized spacial score (nSPS) is 12.3.